The smallest absolute Gasteiger partial charge is 0.137 e. The molecule has 1 aliphatic rings. The molecule has 1 aliphatic heterocycles. The highest BCUT2D eigenvalue weighted by molar-refractivity contribution is 5.42. The van der Waals surface area contributed by atoms with Crippen LogP contribution in [0.15, 0.2) is 24.5 Å². The van der Waals surface area contributed by atoms with E-state index in [1.165, 1.54) is 19.5 Å². The normalized spacial score (nSPS) is 20.8. The van der Waals surface area contributed by atoms with Crippen LogP contribution in [-0.2, 0) is 6.42 Å². The minimum atomic E-state index is 0.282. The molecule has 2 aromatic heterocycles. The second kappa shape index (κ2) is 4.61. The van der Waals surface area contributed by atoms with Gasteiger partial charge >= 0.3 is 0 Å². The largest absolute Gasteiger partial charge is 0.506 e. The maximum atomic E-state index is 9.44. The first-order valence-electron chi connectivity index (χ1n) is 6.63. The van der Waals surface area contributed by atoms with Gasteiger partial charge in [0, 0.05) is 12.7 Å². The number of nitrogens with zero attached hydrogens (tertiary/aromatic N) is 3. The Kier molecular flexibility index (Phi) is 2.96. The van der Waals surface area contributed by atoms with E-state index in [-0.39, 0.29) is 5.75 Å². The number of aromatic nitrogens is 2. The molecule has 0 spiro atoms. The van der Waals surface area contributed by atoms with E-state index in [2.05, 4.69) is 16.8 Å². The van der Waals surface area contributed by atoms with Gasteiger partial charge in [0.2, 0.25) is 0 Å². The monoisotopic (exact) mass is 245 g/mol. The zero-order valence-electron chi connectivity index (χ0n) is 10.7. The zero-order valence-corrected chi connectivity index (χ0v) is 10.7. The molecule has 0 amide bonds. The number of hydrogen-bond donors (Lipinski definition) is 1. The van der Waals surface area contributed by atoms with Crippen molar-refractivity contribution in [3.63, 3.8) is 0 Å². The number of rotatable bonds is 3. The molecule has 0 aliphatic carbocycles. The Morgan fingerprint density at radius 2 is 2.28 bits per heavy atom. The predicted molar refractivity (Wildman–Crippen MR) is 70.8 cm³/mol. The van der Waals surface area contributed by atoms with Crippen molar-refractivity contribution >= 4 is 5.65 Å². The molecule has 1 unspecified atom stereocenters. The van der Waals surface area contributed by atoms with E-state index in [1.54, 1.807) is 12.3 Å². The second-order valence-corrected chi connectivity index (χ2v) is 5.14. The molecule has 0 aromatic carbocycles. The van der Waals surface area contributed by atoms with Crippen molar-refractivity contribution in [3.8, 4) is 5.75 Å². The summed E-state index contributed by atoms with van der Waals surface area (Å²) in [6, 6.07) is 3.53. The Labute approximate surface area is 107 Å². The standard InChI is InChI=1S/C14H19N3O/c1-2-16-6-5-11(8-16)7-12-9-17-10-13(18)3-4-14(17)15-12/h3-4,9-11,18H,2,5-8H2,1H3. The summed E-state index contributed by atoms with van der Waals surface area (Å²) in [5.74, 6) is 1.01. The quantitative estimate of drug-likeness (QED) is 0.898. The van der Waals surface area contributed by atoms with Crippen molar-refractivity contribution in [1.29, 1.82) is 0 Å². The Morgan fingerprint density at radius 3 is 3.06 bits per heavy atom. The van der Waals surface area contributed by atoms with Crippen LogP contribution in [0.4, 0.5) is 0 Å². The Hall–Kier alpha value is -1.55. The van der Waals surface area contributed by atoms with Crippen LogP contribution in [-0.4, -0.2) is 39.0 Å². The van der Waals surface area contributed by atoms with Gasteiger partial charge < -0.3 is 14.4 Å². The summed E-state index contributed by atoms with van der Waals surface area (Å²) in [6.07, 6.45) is 6.05. The first kappa shape index (κ1) is 11.5. The van der Waals surface area contributed by atoms with E-state index in [9.17, 15) is 5.11 Å². The first-order valence-corrected chi connectivity index (χ1v) is 6.63. The summed E-state index contributed by atoms with van der Waals surface area (Å²) in [7, 11) is 0. The second-order valence-electron chi connectivity index (χ2n) is 5.14. The number of fused-ring (bicyclic) bond motifs is 1. The lowest BCUT2D eigenvalue weighted by atomic mass is 10.0. The van der Waals surface area contributed by atoms with E-state index < -0.39 is 0 Å². The van der Waals surface area contributed by atoms with Crippen molar-refractivity contribution < 1.29 is 5.11 Å². The molecule has 0 saturated carbocycles. The van der Waals surface area contributed by atoms with Gasteiger partial charge in [0.1, 0.15) is 11.4 Å². The maximum absolute atomic E-state index is 9.44. The van der Waals surface area contributed by atoms with E-state index >= 15 is 0 Å². The highest BCUT2D eigenvalue weighted by Crippen LogP contribution is 2.21. The average molecular weight is 245 g/mol. The van der Waals surface area contributed by atoms with Gasteiger partial charge in [-0.1, -0.05) is 6.92 Å². The predicted octanol–water partition coefficient (Wildman–Crippen LogP) is 1.92. The minimum Gasteiger partial charge on any atom is -0.506 e. The Bertz CT molecular complexity index is 549. The van der Waals surface area contributed by atoms with E-state index in [4.69, 9.17) is 0 Å². The average Bonchev–Trinajstić information content (AvgIpc) is 2.95. The molecule has 4 heteroatoms. The SMILES string of the molecule is CCN1CCC(Cc2cn3cc(O)ccc3n2)C1. The fraction of sp³-hybridized carbons (Fsp3) is 0.500. The molecule has 0 bridgehead atoms. The molecule has 4 nitrogen and oxygen atoms in total. The van der Waals surface area contributed by atoms with Crippen molar-refractivity contribution in [2.75, 3.05) is 19.6 Å². The molecule has 0 radical (unpaired) electrons. The van der Waals surface area contributed by atoms with Gasteiger partial charge in [-0.3, -0.25) is 0 Å². The van der Waals surface area contributed by atoms with Crippen molar-refractivity contribution in [3.05, 3.63) is 30.2 Å². The summed E-state index contributed by atoms with van der Waals surface area (Å²) in [5, 5.41) is 9.44. The van der Waals surface area contributed by atoms with Gasteiger partial charge in [-0.05, 0) is 44.0 Å². The summed E-state index contributed by atoms with van der Waals surface area (Å²) in [5.41, 5.74) is 2.04. The molecule has 2 aromatic rings. The van der Waals surface area contributed by atoms with Crippen LogP contribution in [0.5, 0.6) is 5.75 Å². The van der Waals surface area contributed by atoms with Crippen LogP contribution in [0.3, 0.4) is 0 Å². The van der Waals surface area contributed by atoms with Crippen molar-refractivity contribution in [2.24, 2.45) is 5.92 Å². The molecular formula is C14H19N3O. The first-order chi connectivity index (χ1) is 8.74. The van der Waals surface area contributed by atoms with Crippen LogP contribution in [0, 0.1) is 5.92 Å². The van der Waals surface area contributed by atoms with Gasteiger partial charge in [0.25, 0.3) is 0 Å². The zero-order chi connectivity index (χ0) is 12.5. The number of aromatic hydroxyl groups is 1. The van der Waals surface area contributed by atoms with E-state index in [1.807, 2.05) is 16.7 Å². The Morgan fingerprint density at radius 1 is 1.39 bits per heavy atom. The lowest BCUT2D eigenvalue weighted by Gasteiger charge is -2.11. The minimum absolute atomic E-state index is 0.282. The molecule has 3 rings (SSSR count). The van der Waals surface area contributed by atoms with Gasteiger partial charge in [-0.2, -0.15) is 0 Å². The van der Waals surface area contributed by atoms with Crippen molar-refractivity contribution in [2.45, 2.75) is 19.8 Å². The van der Waals surface area contributed by atoms with Crippen LogP contribution >= 0.6 is 0 Å². The van der Waals surface area contributed by atoms with Gasteiger partial charge in [-0.15, -0.1) is 0 Å². The summed E-state index contributed by atoms with van der Waals surface area (Å²) < 4.78 is 1.90. The van der Waals surface area contributed by atoms with E-state index in [0.717, 1.165) is 30.2 Å². The molecule has 1 saturated heterocycles. The third-order valence-corrected chi connectivity index (χ3v) is 3.80. The lowest BCUT2D eigenvalue weighted by Crippen LogP contribution is -2.20. The number of hydrogen-bond acceptors (Lipinski definition) is 3. The van der Waals surface area contributed by atoms with Crippen LogP contribution in [0.25, 0.3) is 5.65 Å². The molecule has 1 atom stereocenters. The highest BCUT2D eigenvalue weighted by atomic mass is 16.3. The summed E-state index contributed by atoms with van der Waals surface area (Å²) >= 11 is 0. The molecular weight excluding hydrogens is 226 g/mol. The molecule has 1 N–H and O–H groups in total. The highest BCUT2D eigenvalue weighted by Gasteiger charge is 2.22. The summed E-state index contributed by atoms with van der Waals surface area (Å²) in [6.45, 7) is 5.77. The van der Waals surface area contributed by atoms with Crippen LogP contribution in [0.1, 0.15) is 19.0 Å². The van der Waals surface area contributed by atoms with Gasteiger partial charge in [-0.25, -0.2) is 4.98 Å². The number of pyridine rings is 1. The third-order valence-electron chi connectivity index (χ3n) is 3.80. The van der Waals surface area contributed by atoms with Crippen LogP contribution < -0.4 is 0 Å². The van der Waals surface area contributed by atoms with Crippen molar-refractivity contribution in [1.82, 2.24) is 14.3 Å². The maximum Gasteiger partial charge on any atom is 0.137 e. The molecule has 3 heterocycles. The molecule has 1 fully saturated rings. The molecule has 96 valence electrons. The summed E-state index contributed by atoms with van der Waals surface area (Å²) in [4.78, 5) is 7.09. The number of imidazole rings is 1. The van der Waals surface area contributed by atoms with Crippen LogP contribution in [0.2, 0.25) is 0 Å². The number of likely N-dealkylation sites (tertiary alicyclic amines) is 1. The van der Waals surface area contributed by atoms with Gasteiger partial charge in [0.15, 0.2) is 0 Å². The fourth-order valence-corrected chi connectivity index (χ4v) is 2.79. The van der Waals surface area contributed by atoms with E-state index in [0.29, 0.717) is 0 Å². The molecule has 18 heavy (non-hydrogen) atoms. The topological polar surface area (TPSA) is 40.8 Å². The van der Waals surface area contributed by atoms with Gasteiger partial charge in [0.05, 0.1) is 11.9 Å². The lowest BCUT2D eigenvalue weighted by molar-refractivity contribution is 0.341. The fourth-order valence-electron chi connectivity index (χ4n) is 2.79. The third kappa shape index (κ3) is 2.20. The Balaban J connectivity index is 1.75.